The number of hydrogen-bond acceptors (Lipinski definition) is 4. The Morgan fingerprint density at radius 3 is 2.83 bits per heavy atom. The fourth-order valence-corrected chi connectivity index (χ4v) is 2.96. The van der Waals surface area contributed by atoms with Crippen molar-refractivity contribution < 1.29 is 17.1 Å². The number of likely N-dealkylation sites (tertiary alicyclic amines) is 1. The van der Waals surface area contributed by atoms with Gasteiger partial charge in [-0.25, -0.2) is 0 Å². The summed E-state index contributed by atoms with van der Waals surface area (Å²) >= 11 is 0. The average Bonchev–Trinajstić information content (AvgIpc) is 2.73. The Labute approximate surface area is 105 Å². The zero-order valence-electron chi connectivity index (χ0n) is 9.91. The lowest BCUT2D eigenvalue weighted by Gasteiger charge is -2.14. The molecule has 1 unspecified atom stereocenters. The van der Waals surface area contributed by atoms with E-state index in [2.05, 4.69) is 5.10 Å². The molecule has 1 saturated heterocycles. The van der Waals surface area contributed by atoms with E-state index in [0.29, 0.717) is 6.54 Å². The van der Waals surface area contributed by atoms with Crippen LogP contribution >= 0.6 is 0 Å². The highest BCUT2D eigenvalue weighted by atomic mass is 32.3. The molecule has 1 atom stereocenters. The van der Waals surface area contributed by atoms with Gasteiger partial charge in [-0.05, 0) is 0 Å². The summed E-state index contributed by atoms with van der Waals surface area (Å²) < 4.78 is 35.3. The molecule has 0 aliphatic carbocycles. The number of rotatable bonds is 4. The minimum absolute atomic E-state index is 0.0867. The number of carbonyl (C=O) groups is 1. The van der Waals surface area contributed by atoms with Crippen molar-refractivity contribution in [2.45, 2.75) is 13.0 Å². The Morgan fingerprint density at radius 2 is 2.28 bits per heavy atom. The van der Waals surface area contributed by atoms with E-state index < -0.39 is 21.9 Å². The highest BCUT2D eigenvalue weighted by molar-refractivity contribution is 7.86. The summed E-state index contributed by atoms with van der Waals surface area (Å²) in [6.07, 6.45) is 3.52. The van der Waals surface area contributed by atoms with E-state index in [0.717, 1.165) is 5.56 Å². The SMILES string of the molecule is Cn1cc(CN2CC(CS(=O)(=O)F)CC2=O)cn1. The van der Waals surface area contributed by atoms with Crippen molar-refractivity contribution in [2.75, 3.05) is 12.3 Å². The van der Waals surface area contributed by atoms with Crippen LogP contribution in [0.1, 0.15) is 12.0 Å². The van der Waals surface area contributed by atoms with Crippen LogP contribution < -0.4 is 0 Å². The van der Waals surface area contributed by atoms with E-state index in [1.165, 1.54) is 4.90 Å². The molecule has 0 radical (unpaired) electrons. The van der Waals surface area contributed by atoms with E-state index in [9.17, 15) is 17.1 Å². The fraction of sp³-hybridized carbons (Fsp3) is 0.600. The molecule has 1 aliphatic rings. The van der Waals surface area contributed by atoms with Gasteiger partial charge in [0.2, 0.25) is 5.91 Å². The van der Waals surface area contributed by atoms with Crippen molar-refractivity contribution >= 4 is 16.1 Å². The second kappa shape index (κ2) is 4.68. The smallest absolute Gasteiger partial charge is 0.302 e. The van der Waals surface area contributed by atoms with E-state index in [4.69, 9.17) is 0 Å². The lowest BCUT2D eigenvalue weighted by atomic mass is 10.1. The summed E-state index contributed by atoms with van der Waals surface area (Å²) in [6, 6.07) is 0. The predicted octanol–water partition coefficient (Wildman–Crippen LogP) is 0.0679. The molecular formula is C10H14FN3O3S. The molecule has 0 spiro atoms. The number of nitrogens with zero attached hydrogens (tertiary/aromatic N) is 3. The van der Waals surface area contributed by atoms with Crippen LogP contribution in [-0.4, -0.2) is 41.3 Å². The van der Waals surface area contributed by atoms with E-state index >= 15 is 0 Å². The highest BCUT2D eigenvalue weighted by Crippen LogP contribution is 2.21. The molecule has 100 valence electrons. The Morgan fingerprint density at radius 1 is 1.56 bits per heavy atom. The zero-order chi connectivity index (χ0) is 13.3. The standard InChI is InChI=1S/C10H14FN3O3S/c1-13-4-9(3-12-13)6-14-5-8(2-10(14)15)7-18(11,16)17/h3-4,8H,2,5-7H2,1H3. The Kier molecular flexibility index (Phi) is 3.38. The molecule has 8 heteroatoms. The van der Waals surface area contributed by atoms with Crippen molar-refractivity contribution in [3.63, 3.8) is 0 Å². The summed E-state index contributed by atoms with van der Waals surface area (Å²) in [5.74, 6) is -1.18. The molecule has 0 saturated carbocycles. The lowest BCUT2D eigenvalue weighted by Crippen LogP contribution is -2.25. The quantitative estimate of drug-likeness (QED) is 0.729. The molecule has 0 bridgehead atoms. The number of hydrogen-bond donors (Lipinski definition) is 0. The first-order valence-corrected chi connectivity index (χ1v) is 7.06. The van der Waals surface area contributed by atoms with Crippen molar-refractivity contribution in [1.82, 2.24) is 14.7 Å². The number of aromatic nitrogens is 2. The summed E-state index contributed by atoms with van der Waals surface area (Å²) in [6.45, 7) is 0.659. The summed E-state index contributed by atoms with van der Waals surface area (Å²) in [5.41, 5.74) is 0.870. The Balaban J connectivity index is 1.97. The first kappa shape index (κ1) is 13.0. The largest absolute Gasteiger partial charge is 0.338 e. The number of amides is 1. The third kappa shape index (κ3) is 3.28. The zero-order valence-corrected chi connectivity index (χ0v) is 10.7. The third-order valence-electron chi connectivity index (χ3n) is 2.86. The first-order valence-electron chi connectivity index (χ1n) is 5.51. The number of aryl methyl sites for hydroxylation is 1. The minimum atomic E-state index is -4.52. The number of halogens is 1. The van der Waals surface area contributed by atoms with Gasteiger partial charge in [0.25, 0.3) is 0 Å². The van der Waals surface area contributed by atoms with E-state index in [1.807, 2.05) is 0 Å². The molecule has 0 N–H and O–H groups in total. The van der Waals surface area contributed by atoms with Gasteiger partial charge >= 0.3 is 10.2 Å². The summed E-state index contributed by atoms with van der Waals surface area (Å²) in [7, 11) is -2.75. The maximum atomic E-state index is 12.6. The van der Waals surface area contributed by atoms with Crippen LogP contribution in [0.2, 0.25) is 0 Å². The first-order chi connectivity index (χ1) is 8.33. The molecule has 2 rings (SSSR count). The van der Waals surface area contributed by atoms with Crippen molar-refractivity contribution in [3.05, 3.63) is 18.0 Å². The second-order valence-corrected chi connectivity index (χ2v) is 5.98. The van der Waals surface area contributed by atoms with Gasteiger partial charge in [0.05, 0.1) is 11.9 Å². The minimum Gasteiger partial charge on any atom is -0.338 e. The average molecular weight is 275 g/mol. The molecule has 18 heavy (non-hydrogen) atoms. The van der Waals surface area contributed by atoms with Crippen molar-refractivity contribution in [3.8, 4) is 0 Å². The van der Waals surface area contributed by atoms with Gasteiger partial charge in [-0.1, -0.05) is 0 Å². The van der Waals surface area contributed by atoms with Gasteiger partial charge in [0.15, 0.2) is 0 Å². The van der Waals surface area contributed by atoms with Crippen LogP contribution in [0.25, 0.3) is 0 Å². The van der Waals surface area contributed by atoms with Crippen molar-refractivity contribution in [2.24, 2.45) is 13.0 Å². The summed E-state index contributed by atoms with van der Waals surface area (Å²) in [4.78, 5) is 13.2. The van der Waals surface area contributed by atoms with Crippen LogP contribution in [0.3, 0.4) is 0 Å². The van der Waals surface area contributed by atoms with Gasteiger partial charge in [0, 0.05) is 44.2 Å². The predicted molar refractivity (Wildman–Crippen MR) is 61.6 cm³/mol. The summed E-state index contributed by atoms with van der Waals surface area (Å²) in [5, 5.41) is 3.98. The molecule has 1 aromatic heterocycles. The van der Waals surface area contributed by atoms with Gasteiger partial charge in [-0.3, -0.25) is 9.48 Å². The van der Waals surface area contributed by atoms with E-state index in [-0.39, 0.29) is 18.9 Å². The second-order valence-electron chi connectivity index (χ2n) is 4.57. The van der Waals surface area contributed by atoms with Crippen LogP contribution in [-0.2, 0) is 28.6 Å². The highest BCUT2D eigenvalue weighted by Gasteiger charge is 2.32. The monoisotopic (exact) mass is 275 g/mol. The topological polar surface area (TPSA) is 72.3 Å². The van der Waals surface area contributed by atoms with Gasteiger partial charge in [-0.15, -0.1) is 3.89 Å². The molecule has 1 aromatic rings. The molecule has 1 fully saturated rings. The third-order valence-corrected chi connectivity index (χ3v) is 3.73. The molecule has 2 heterocycles. The van der Waals surface area contributed by atoms with Crippen LogP contribution in [0.4, 0.5) is 3.89 Å². The fourth-order valence-electron chi connectivity index (χ4n) is 2.17. The Bertz CT molecular complexity index is 554. The molecule has 0 aromatic carbocycles. The molecule has 1 aliphatic heterocycles. The molecular weight excluding hydrogens is 261 g/mol. The number of carbonyl (C=O) groups excluding carboxylic acids is 1. The normalized spacial score (nSPS) is 20.7. The van der Waals surface area contributed by atoms with Crippen LogP contribution in [0.5, 0.6) is 0 Å². The van der Waals surface area contributed by atoms with E-state index in [1.54, 1.807) is 24.1 Å². The van der Waals surface area contributed by atoms with Crippen LogP contribution in [0.15, 0.2) is 12.4 Å². The Hall–Kier alpha value is -1.44. The maximum Gasteiger partial charge on any atom is 0.302 e. The lowest BCUT2D eigenvalue weighted by molar-refractivity contribution is -0.128. The van der Waals surface area contributed by atoms with Crippen molar-refractivity contribution in [1.29, 1.82) is 0 Å². The molecule has 1 amide bonds. The van der Waals surface area contributed by atoms with Gasteiger partial charge < -0.3 is 4.90 Å². The van der Waals surface area contributed by atoms with Gasteiger partial charge in [-0.2, -0.15) is 13.5 Å². The molecule has 6 nitrogen and oxygen atoms in total. The van der Waals surface area contributed by atoms with Gasteiger partial charge in [0.1, 0.15) is 0 Å². The van der Waals surface area contributed by atoms with Crippen LogP contribution in [0, 0.1) is 5.92 Å². The maximum absolute atomic E-state index is 12.6.